The van der Waals surface area contributed by atoms with E-state index in [2.05, 4.69) is 27.3 Å². The maximum atomic E-state index is 13.2. The Hall–Kier alpha value is -2.31. The van der Waals surface area contributed by atoms with Gasteiger partial charge in [0.25, 0.3) is 0 Å². The van der Waals surface area contributed by atoms with Crippen LogP contribution in [-0.4, -0.2) is 60.2 Å². The molecule has 2 saturated heterocycles. The second kappa shape index (κ2) is 8.59. The van der Waals surface area contributed by atoms with E-state index in [-0.39, 0.29) is 29.5 Å². The molecule has 29 heavy (non-hydrogen) atoms. The Morgan fingerprint density at radius 3 is 2.48 bits per heavy atom. The molecule has 154 valence electrons. The Balaban J connectivity index is 1.37. The van der Waals surface area contributed by atoms with Gasteiger partial charge in [0.15, 0.2) is 0 Å². The number of carbonyl (C=O) groups excluding carboxylic acids is 1. The molecule has 3 heterocycles. The number of anilines is 1. The summed E-state index contributed by atoms with van der Waals surface area (Å²) in [7, 11) is 1.96. The van der Waals surface area contributed by atoms with Crippen LogP contribution in [-0.2, 0) is 4.79 Å². The second-order valence-electron chi connectivity index (χ2n) is 7.93. The van der Waals surface area contributed by atoms with Gasteiger partial charge in [-0.1, -0.05) is 23.7 Å². The molecule has 0 spiro atoms. The van der Waals surface area contributed by atoms with Crippen molar-refractivity contribution in [3.63, 3.8) is 0 Å². The van der Waals surface area contributed by atoms with Crippen LogP contribution >= 0.6 is 11.6 Å². The van der Waals surface area contributed by atoms with Crippen LogP contribution in [0.1, 0.15) is 24.3 Å². The molecule has 2 fully saturated rings. The molecule has 6 nitrogen and oxygen atoms in total. The number of piperidine rings is 1. The molecular weight excluding hydrogens is 388 g/mol. The van der Waals surface area contributed by atoms with Crippen molar-refractivity contribution in [2.45, 2.75) is 24.8 Å². The van der Waals surface area contributed by atoms with Crippen molar-refractivity contribution in [2.75, 3.05) is 38.1 Å². The Morgan fingerprint density at radius 1 is 1.14 bits per heavy atom. The van der Waals surface area contributed by atoms with Crippen molar-refractivity contribution in [1.29, 1.82) is 0 Å². The number of nitrogens with one attached hydrogen (secondary N) is 1. The number of nitrogens with zero attached hydrogens (tertiary/aromatic N) is 3. The first-order valence-electron chi connectivity index (χ1n) is 10.2. The van der Waals surface area contributed by atoms with Crippen molar-refractivity contribution >= 4 is 23.3 Å². The Kier molecular flexibility index (Phi) is 5.92. The number of benzene rings is 1. The molecule has 2 aliphatic rings. The van der Waals surface area contributed by atoms with Crippen LogP contribution in [0.4, 0.5) is 5.82 Å². The number of hydrogen-bond acceptors (Lipinski definition) is 5. The zero-order valence-electron chi connectivity index (χ0n) is 16.6. The molecule has 4 rings (SSSR count). The number of rotatable bonds is 4. The number of aromatic hydroxyl groups is 1. The molecule has 1 aromatic heterocycles. The maximum Gasteiger partial charge on any atom is 0.225 e. The molecule has 0 aliphatic carbocycles. The SMILES string of the molecule is CN[C@@H]1CN(C(=O)C2CCN(c3ccc(O)cn3)CC2)C[C@H]1c1ccc(Cl)cc1. The smallest absolute Gasteiger partial charge is 0.225 e. The second-order valence-corrected chi connectivity index (χ2v) is 8.37. The number of amides is 1. The van der Waals surface area contributed by atoms with Gasteiger partial charge in [-0.3, -0.25) is 4.79 Å². The maximum absolute atomic E-state index is 13.2. The molecule has 1 aromatic carbocycles. The predicted octanol–water partition coefficient (Wildman–Crippen LogP) is 2.87. The number of halogens is 1. The number of carbonyl (C=O) groups is 1. The highest BCUT2D eigenvalue weighted by molar-refractivity contribution is 6.30. The van der Waals surface area contributed by atoms with Crippen LogP contribution in [0.2, 0.25) is 5.02 Å². The lowest BCUT2D eigenvalue weighted by atomic mass is 9.94. The largest absolute Gasteiger partial charge is 0.506 e. The first-order valence-corrected chi connectivity index (χ1v) is 10.5. The normalized spacial score (nSPS) is 22.8. The fourth-order valence-corrected chi connectivity index (χ4v) is 4.63. The van der Waals surface area contributed by atoms with Crippen molar-refractivity contribution in [1.82, 2.24) is 15.2 Å². The summed E-state index contributed by atoms with van der Waals surface area (Å²) in [5.41, 5.74) is 1.22. The molecule has 1 amide bonds. The van der Waals surface area contributed by atoms with Gasteiger partial charge in [0.1, 0.15) is 11.6 Å². The van der Waals surface area contributed by atoms with Crippen molar-refractivity contribution in [3.8, 4) is 5.75 Å². The van der Waals surface area contributed by atoms with Crippen molar-refractivity contribution in [2.24, 2.45) is 5.92 Å². The summed E-state index contributed by atoms with van der Waals surface area (Å²) in [6, 6.07) is 11.7. The van der Waals surface area contributed by atoms with Gasteiger partial charge < -0.3 is 20.2 Å². The third kappa shape index (κ3) is 4.33. The molecule has 2 N–H and O–H groups in total. The fraction of sp³-hybridized carbons (Fsp3) is 0.455. The summed E-state index contributed by atoms with van der Waals surface area (Å²) in [4.78, 5) is 21.7. The van der Waals surface area contributed by atoms with E-state index in [0.717, 1.165) is 49.9 Å². The van der Waals surface area contributed by atoms with E-state index >= 15 is 0 Å². The van der Waals surface area contributed by atoms with E-state index < -0.39 is 0 Å². The van der Waals surface area contributed by atoms with Crippen LogP contribution in [0.15, 0.2) is 42.6 Å². The molecule has 2 aromatic rings. The fourth-order valence-electron chi connectivity index (χ4n) is 4.50. The highest BCUT2D eigenvalue weighted by Gasteiger charge is 2.38. The molecule has 2 atom stereocenters. The average molecular weight is 415 g/mol. The molecular formula is C22H27ClN4O2. The van der Waals surface area contributed by atoms with Gasteiger partial charge >= 0.3 is 0 Å². The number of likely N-dealkylation sites (N-methyl/N-ethyl adjacent to an activating group) is 1. The van der Waals surface area contributed by atoms with Gasteiger partial charge in [0.2, 0.25) is 5.91 Å². The zero-order valence-corrected chi connectivity index (χ0v) is 17.3. The number of hydrogen-bond donors (Lipinski definition) is 2. The van der Waals surface area contributed by atoms with Gasteiger partial charge in [0.05, 0.1) is 6.20 Å². The van der Waals surface area contributed by atoms with Gasteiger partial charge in [0, 0.05) is 49.1 Å². The Morgan fingerprint density at radius 2 is 1.86 bits per heavy atom. The Bertz CT molecular complexity index is 835. The van der Waals surface area contributed by atoms with Gasteiger partial charge in [-0.05, 0) is 49.7 Å². The van der Waals surface area contributed by atoms with E-state index in [0.29, 0.717) is 0 Å². The monoisotopic (exact) mass is 414 g/mol. The summed E-state index contributed by atoms with van der Waals surface area (Å²) < 4.78 is 0. The standard InChI is InChI=1S/C22H27ClN4O2/c1-24-20-14-27(13-19(20)15-2-4-17(23)5-3-15)22(29)16-8-10-26(11-9-16)21-7-6-18(28)12-25-21/h2-7,12,16,19-20,24,28H,8-11,13-14H2,1H3/t19-,20+/m0/s1. The van der Waals surface area contributed by atoms with Gasteiger partial charge in [-0.25, -0.2) is 4.98 Å². The van der Waals surface area contributed by atoms with E-state index in [1.165, 1.54) is 11.8 Å². The van der Waals surface area contributed by atoms with Crippen LogP contribution in [0, 0.1) is 5.92 Å². The van der Waals surface area contributed by atoms with Crippen LogP contribution < -0.4 is 10.2 Å². The Labute approximate surface area is 176 Å². The molecule has 2 aliphatic heterocycles. The lowest BCUT2D eigenvalue weighted by Crippen LogP contribution is -2.43. The molecule has 7 heteroatoms. The zero-order chi connectivity index (χ0) is 20.4. The topological polar surface area (TPSA) is 68.7 Å². The summed E-state index contributed by atoms with van der Waals surface area (Å²) in [6.07, 6.45) is 3.12. The summed E-state index contributed by atoms with van der Waals surface area (Å²) in [6.45, 7) is 3.09. The lowest BCUT2D eigenvalue weighted by molar-refractivity contribution is -0.135. The van der Waals surface area contributed by atoms with Crippen molar-refractivity contribution < 1.29 is 9.90 Å². The number of aromatic nitrogens is 1. The van der Waals surface area contributed by atoms with Crippen LogP contribution in [0.5, 0.6) is 5.75 Å². The van der Waals surface area contributed by atoms with Crippen molar-refractivity contribution in [3.05, 3.63) is 53.2 Å². The molecule has 0 saturated carbocycles. The van der Waals surface area contributed by atoms with Gasteiger partial charge in [-0.15, -0.1) is 0 Å². The predicted molar refractivity (Wildman–Crippen MR) is 114 cm³/mol. The lowest BCUT2D eigenvalue weighted by Gasteiger charge is -2.34. The average Bonchev–Trinajstić information content (AvgIpc) is 3.19. The molecule has 0 unspecified atom stereocenters. The minimum Gasteiger partial charge on any atom is -0.506 e. The van der Waals surface area contributed by atoms with Crippen LogP contribution in [0.3, 0.4) is 0 Å². The van der Waals surface area contributed by atoms with E-state index in [9.17, 15) is 9.90 Å². The third-order valence-corrected chi connectivity index (χ3v) is 6.45. The quantitative estimate of drug-likeness (QED) is 0.805. The highest BCUT2D eigenvalue weighted by Crippen LogP contribution is 2.31. The summed E-state index contributed by atoms with van der Waals surface area (Å²) in [5, 5.41) is 13.5. The first-order chi connectivity index (χ1) is 14.0. The number of pyridine rings is 1. The highest BCUT2D eigenvalue weighted by atomic mass is 35.5. The molecule has 0 bridgehead atoms. The third-order valence-electron chi connectivity index (χ3n) is 6.20. The van der Waals surface area contributed by atoms with E-state index in [4.69, 9.17) is 11.6 Å². The summed E-state index contributed by atoms with van der Waals surface area (Å²) in [5.74, 6) is 1.63. The van der Waals surface area contributed by atoms with E-state index in [1.54, 1.807) is 6.07 Å². The number of likely N-dealkylation sites (tertiary alicyclic amines) is 1. The summed E-state index contributed by atoms with van der Waals surface area (Å²) >= 11 is 6.03. The minimum absolute atomic E-state index is 0.0600. The van der Waals surface area contributed by atoms with Crippen LogP contribution in [0.25, 0.3) is 0 Å². The first kappa shape index (κ1) is 20.0. The minimum atomic E-state index is 0.0600. The van der Waals surface area contributed by atoms with Gasteiger partial charge in [-0.2, -0.15) is 0 Å². The molecule has 0 radical (unpaired) electrons. The van der Waals surface area contributed by atoms with E-state index in [1.807, 2.05) is 30.1 Å².